The van der Waals surface area contributed by atoms with E-state index in [1.807, 2.05) is 6.07 Å². The Kier molecular flexibility index (Phi) is 14.4. The molecule has 2 aromatic carbocycles. The summed E-state index contributed by atoms with van der Waals surface area (Å²) in [5, 5.41) is 1.22. The summed E-state index contributed by atoms with van der Waals surface area (Å²) < 4.78 is 30.2. The number of ether oxygens (including phenoxy) is 1. The number of hydrogen-bond donors (Lipinski definition) is 0. The normalized spacial score (nSPS) is 8.50. The number of aromatic nitrogens is 1. The fourth-order valence-corrected chi connectivity index (χ4v) is 3.08. The number of methoxy groups -OCH3 is 1. The Morgan fingerprint density at radius 1 is 0.929 bits per heavy atom. The van der Waals surface area contributed by atoms with Crippen molar-refractivity contribution < 1.29 is 36.1 Å². The number of nitrogens with zero attached hydrogens (tertiary/aromatic N) is 1. The van der Waals surface area contributed by atoms with Gasteiger partial charge in [-0.15, -0.1) is 0 Å². The molecule has 3 rings (SSSR count). The minimum absolute atomic E-state index is 0. The van der Waals surface area contributed by atoms with Crippen LogP contribution in [0.15, 0.2) is 42.5 Å². The van der Waals surface area contributed by atoms with Crippen LogP contribution >= 0.6 is 0 Å². The summed E-state index contributed by atoms with van der Waals surface area (Å²) in [6.07, 6.45) is 1.03. The molecule has 0 N–H and O–H groups in total. The Bertz CT molecular complexity index is 925. The number of aryl methyl sites for hydroxylation is 3. The predicted molar refractivity (Wildman–Crippen MR) is 100 cm³/mol. The first-order valence-corrected chi connectivity index (χ1v) is 8.02. The molecule has 0 aliphatic heterocycles. The van der Waals surface area contributed by atoms with Crippen LogP contribution in [0.5, 0.6) is 5.75 Å². The topological polar surface area (TPSA) is 73.9 Å². The maximum absolute atomic E-state index is 7.50. The van der Waals surface area contributed by atoms with Crippen LogP contribution in [0.4, 0.5) is 0 Å². The molecular formula is C22H21CrNO4. The Balaban J connectivity index is 0. The van der Waals surface area contributed by atoms with E-state index in [2.05, 4.69) is 81.7 Å². The second-order valence-corrected chi connectivity index (χ2v) is 5.48. The molecule has 0 radical (unpaired) electrons. The van der Waals surface area contributed by atoms with Crippen molar-refractivity contribution in [2.75, 3.05) is 7.11 Å². The summed E-state index contributed by atoms with van der Waals surface area (Å²) in [5.74, 6) is 0.903. The van der Waals surface area contributed by atoms with Crippen molar-refractivity contribution in [2.45, 2.75) is 27.2 Å². The van der Waals surface area contributed by atoms with E-state index in [9.17, 15) is 0 Å². The van der Waals surface area contributed by atoms with E-state index in [0.29, 0.717) is 0 Å². The molecule has 0 amide bonds. The maximum atomic E-state index is 7.50. The fraction of sp³-hybridized carbons (Fsp3) is 0.227. The molecule has 28 heavy (non-hydrogen) atoms. The van der Waals surface area contributed by atoms with Gasteiger partial charge in [0.1, 0.15) is 5.75 Å². The van der Waals surface area contributed by atoms with Crippen LogP contribution in [-0.2, 0) is 37.7 Å². The fourth-order valence-electron chi connectivity index (χ4n) is 3.08. The molecule has 0 spiro atoms. The SMILES string of the molecule is CCc1cccc(C)c1-n1c(C)cc2cc(OC)ccc21.[C-]#[O+].[C-]#[O+].[C-]#[O+].[Cr]. The van der Waals surface area contributed by atoms with E-state index in [4.69, 9.17) is 18.7 Å². The summed E-state index contributed by atoms with van der Waals surface area (Å²) in [6, 6.07) is 15.0. The van der Waals surface area contributed by atoms with E-state index in [1.165, 1.54) is 33.4 Å². The Labute approximate surface area is 176 Å². The maximum Gasteiger partial charge on any atom is 0 e. The average molecular weight is 415 g/mol. The molecule has 6 heteroatoms. The average Bonchev–Trinajstić information content (AvgIpc) is 3.06. The van der Waals surface area contributed by atoms with Crippen LogP contribution in [-0.4, -0.2) is 11.7 Å². The molecule has 1 aromatic heterocycles. The summed E-state index contributed by atoms with van der Waals surface area (Å²) in [4.78, 5) is 0. The molecule has 1 heterocycles. The van der Waals surface area contributed by atoms with Crippen molar-refractivity contribution in [1.82, 2.24) is 4.57 Å². The van der Waals surface area contributed by atoms with E-state index in [1.54, 1.807) is 7.11 Å². The molecule has 5 nitrogen and oxygen atoms in total. The molecule has 0 saturated carbocycles. The number of fused-ring (bicyclic) bond motifs is 1. The molecular weight excluding hydrogens is 394 g/mol. The molecule has 0 atom stereocenters. The van der Waals surface area contributed by atoms with Crippen molar-refractivity contribution in [1.29, 1.82) is 0 Å². The third kappa shape index (κ3) is 6.02. The van der Waals surface area contributed by atoms with E-state index in [0.717, 1.165) is 12.2 Å². The zero-order chi connectivity index (χ0) is 21.0. The second kappa shape index (κ2) is 14.6. The minimum atomic E-state index is 0. The molecule has 144 valence electrons. The van der Waals surface area contributed by atoms with Gasteiger partial charge in [-0.3, -0.25) is 0 Å². The molecule has 0 aliphatic rings. The molecule has 3 aromatic rings. The summed E-state index contributed by atoms with van der Waals surface area (Å²) in [7, 11) is 1.71. The van der Waals surface area contributed by atoms with Crippen molar-refractivity contribution in [3.63, 3.8) is 0 Å². The third-order valence-electron chi connectivity index (χ3n) is 4.12. The Morgan fingerprint density at radius 3 is 2.07 bits per heavy atom. The predicted octanol–water partition coefficient (Wildman–Crippen LogP) is 4.70. The van der Waals surface area contributed by atoms with Crippen molar-refractivity contribution in [3.05, 3.63) is 79.2 Å². The molecule has 0 unspecified atom stereocenters. The van der Waals surface area contributed by atoms with Crippen LogP contribution < -0.4 is 4.74 Å². The number of benzene rings is 2. The van der Waals surface area contributed by atoms with Crippen molar-refractivity contribution >= 4 is 10.9 Å². The first kappa shape index (κ1) is 27.7. The van der Waals surface area contributed by atoms with Gasteiger partial charge >= 0.3 is 33.9 Å². The van der Waals surface area contributed by atoms with Gasteiger partial charge in [0, 0.05) is 28.4 Å². The Morgan fingerprint density at radius 2 is 1.54 bits per heavy atom. The van der Waals surface area contributed by atoms with Gasteiger partial charge in [0.15, 0.2) is 0 Å². The van der Waals surface area contributed by atoms with Gasteiger partial charge in [0.25, 0.3) is 0 Å². The van der Waals surface area contributed by atoms with Gasteiger partial charge in [0.2, 0.25) is 0 Å². The van der Waals surface area contributed by atoms with Gasteiger partial charge in [-0.05, 0) is 55.7 Å². The van der Waals surface area contributed by atoms with Crippen LogP contribution in [0.3, 0.4) is 0 Å². The van der Waals surface area contributed by atoms with Crippen molar-refractivity contribution in [3.8, 4) is 11.4 Å². The second-order valence-electron chi connectivity index (χ2n) is 5.48. The first-order valence-electron chi connectivity index (χ1n) is 8.02. The zero-order valence-electron chi connectivity index (χ0n) is 16.2. The monoisotopic (exact) mass is 415 g/mol. The van der Waals surface area contributed by atoms with E-state index < -0.39 is 0 Å². The molecule has 0 saturated heterocycles. The van der Waals surface area contributed by atoms with Crippen LogP contribution in [0.1, 0.15) is 23.7 Å². The number of hydrogen-bond acceptors (Lipinski definition) is 1. The van der Waals surface area contributed by atoms with Gasteiger partial charge in [-0.2, -0.15) is 0 Å². The molecule has 0 fully saturated rings. The first-order chi connectivity index (χ1) is 13.2. The summed E-state index contributed by atoms with van der Waals surface area (Å²) in [5.41, 5.74) is 6.49. The smallest absolute Gasteiger partial charge is 0 e. The number of rotatable bonds is 3. The minimum Gasteiger partial charge on any atom is 0 e. The van der Waals surface area contributed by atoms with Gasteiger partial charge in [0.05, 0.1) is 18.3 Å². The summed E-state index contributed by atoms with van der Waals surface area (Å²) >= 11 is 0. The summed E-state index contributed by atoms with van der Waals surface area (Å²) in [6.45, 7) is 20.1. The van der Waals surface area contributed by atoms with Gasteiger partial charge in [-0.1, -0.05) is 25.1 Å². The van der Waals surface area contributed by atoms with E-state index >= 15 is 0 Å². The zero-order valence-corrected chi connectivity index (χ0v) is 17.5. The van der Waals surface area contributed by atoms with Crippen LogP contribution in [0, 0.1) is 33.8 Å². The van der Waals surface area contributed by atoms with Gasteiger partial charge < -0.3 is 9.30 Å². The third-order valence-corrected chi connectivity index (χ3v) is 4.12. The molecule has 0 bridgehead atoms. The molecule has 0 aliphatic carbocycles. The van der Waals surface area contributed by atoms with Gasteiger partial charge in [-0.25, -0.2) is 0 Å². The Hall–Kier alpha value is -2.47. The van der Waals surface area contributed by atoms with E-state index in [-0.39, 0.29) is 17.4 Å². The standard InChI is InChI=1S/C19H21NO.3CO.Cr/c1-5-15-8-6-7-13(2)19(15)20-14(3)11-16-12-17(21-4)9-10-18(16)20;3*1-2;/h6-12H,5H2,1-4H3;;;;. The van der Waals surface area contributed by atoms with Crippen LogP contribution in [0.25, 0.3) is 16.6 Å². The quantitative estimate of drug-likeness (QED) is 0.451. The number of para-hydroxylation sites is 1. The van der Waals surface area contributed by atoms with Crippen molar-refractivity contribution in [2.24, 2.45) is 0 Å². The van der Waals surface area contributed by atoms with Crippen LogP contribution in [0.2, 0.25) is 0 Å². The largest absolute Gasteiger partial charge is 0 e.